The van der Waals surface area contributed by atoms with Crippen LogP contribution in [0.5, 0.6) is 0 Å². The van der Waals surface area contributed by atoms with E-state index in [2.05, 4.69) is 23.8 Å². The summed E-state index contributed by atoms with van der Waals surface area (Å²) in [4.78, 5) is 20.8. The average molecular weight is 265 g/mol. The van der Waals surface area contributed by atoms with E-state index in [1.807, 2.05) is 4.90 Å². The van der Waals surface area contributed by atoms with E-state index in [0.717, 1.165) is 18.8 Å². The van der Waals surface area contributed by atoms with Crippen LogP contribution in [0, 0.1) is 5.92 Å². The van der Waals surface area contributed by atoms with E-state index in [1.165, 1.54) is 12.7 Å². The topological polar surface area (TPSA) is 58.2 Å². The van der Waals surface area contributed by atoms with Crippen LogP contribution in [0.25, 0.3) is 0 Å². The first-order chi connectivity index (χ1) is 9.16. The second-order valence-electron chi connectivity index (χ2n) is 5.53. The van der Waals surface area contributed by atoms with Crippen molar-refractivity contribution in [3.63, 3.8) is 0 Å². The second-order valence-corrected chi connectivity index (χ2v) is 5.53. The van der Waals surface area contributed by atoms with Crippen LogP contribution in [-0.2, 0) is 4.74 Å². The molecule has 2 heterocycles. The Labute approximate surface area is 114 Å². The molecule has 0 saturated carbocycles. The number of nitrogens with one attached hydrogen (secondary N) is 1. The van der Waals surface area contributed by atoms with Crippen molar-refractivity contribution < 1.29 is 9.53 Å². The van der Waals surface area contributed by atoms with Crippen molar-refractivity contribution in [1.82, 2.24) is 14.9 Å². The van der Waals surface area contributed by atoms with Crippen molar-refractivity contribution >= 4 is 5.91 Å². The monoisotopic (exact) mass is 265 g/mol. The van der Waals surface area contributed by atoms with Gasteiger partial charge >= 0.3 is 0 Å². The number of H-pyrrole nitrogens is 1. The molecule has 0 unspecified atom stereocenters. The van der Waals surface area contributed by atoms with E-state index in [9.17, 15) is 4.79 Å². The number of amides is 1. The minimum absolute atomic E-state index is 0.0228. The first kappa shape index (κ1) is 14.1. The molecule has 0 aliphatic carbocycles. The molecule has 1 aliphatic rings. The molecule has 1 aromatic rings. The molecule has 0 bridgehead atoms. The van der Waals surface area contributed by atoms with Gasteiger partial charge < -0.3 is 14.6 Å². The highest BCUT2D eigenvalue weighted by Gasteiger charge is 2.25. The number of imidazole rings is 1. The van der Waals surface area contributed by atoms with E-state index in [0.29, 0.717) is 25.4 Å². The summed E-state index contributed by atoms with van der Waals surface area (Å²) >= 11 is 0. The van der Waals surface area contributed by atoms with Crippen molar-refractivity contribution in [1.29, 1.82) is 0 Å². The van der Waals surface area contributed by atoms with Crippen molar-refractivity contribution in [3.05, 3.63) is 18.2 Å². The molecule has 0 spiro atoms. The van der Waals surface area contributed by atoms with Crippen molar-refractivity contribution in [2.24, 2.45) is 5.92 Å². The maximum absolute atomic E-state index is 12.2. The fraction of sp³-hybridized carbons (Fsp3) is 0.714. The largest absolute Gasteiger partial charge is 0.375 e. The van der Waals surface area contributed by atoms with Crippen LogP contribution in [0.15, 0.2) is 12.5 Å². The number of aromatic nitrogens is 2. The van der Waals surface area contributed by atoms with Gasteiger partial charge in [0.25, 0.3) is 5.91 Å². The first-order valence-corrected chi connectivity index (χ1v) is 7.06. The third-order valence-electron chi connectivity index (χ3n) is 3.46. The summed E-state index contributed by atoms with van der Waals surface area (Å²) in [5.74, 6) is 0.751. The lowest BCUT2D eigenvalue weighted by atomic mass is 10.0. The lowest BCUT2D eigenvalue weighted by Gasteiger charge is -2.32. The van der Waals surface area contributed by atoms with Gasteiger partial charge in [0.2, 0.25) is 0 Å². The van der Waals surface area contributed by atoms with Gasteiger partial charge in [0.05, 0.1) is 25.2 Å². The lowest BCUT2D eigenvalue weighted by molar-refractivity contribution is -0.0261. The highest BCUT2D eigenvalue weighted by Crippen LogP contribution is 2.15. The highest BCUT2D eigenvalue weighted by atomic mass is 16.5. The van der Waals surface area contributed by atoms with Gasteiger partial charge in [-0.1, -0.05) is 26.7 Å². The SMILES string of the molecule is CC(C)CCC[C@@H]1CN(C(=O)c2cnc[nH]2)CCO1. The number of rotatable bonds is 5. The van der Waals surface area contributed by atoms with Gasteiger partial charge in [-0.05, 0) is 12.3 Å². The quantitative estimate of drug-likeness (QED) is 0.886. The van der Waals surface area contributed by atoms with Crippen molar-refractivity contribution in [3.8, 4) is 0 Å². The van der Waals surface area contributed by atoms with Gasteiger partial charge in [0.1, 0.15) is 5.69 Å². The fourth-order valence-electron chi connectivity index (χ4n) is 2.38. The number of carbonyl (C=O) groups is 1. The van der Waals surface area contributed by atoms with E-state index >= 15 is 0 Å². The summed E-state index contributed by atoms with van der Waals surface area (Å²) in [5.41, 5.74) is 0.558. The number of hydrogen-bond donors (Lipinski definition) is 1. The molecule has 5 heteroatoms. The summed E-state index contributed by atoms with van der Waals surface area (Å²) in [5, 5.41) is 0. The molecule has 0 radical (unpaired) electrons. The summed E-state index contributed by atoms with van der Waals surface area (Å²) in [6, 6.07) is 0. The molecule has 1 aromatic heterocycles. The molecule has 106 valence electrons. The predicted octanol–water partition coefficient (Wildman–Crippen LogP) is 2.08. The molecular weight excluding hydrogens is 242 g/mol. The van der Waals surface area contributed by atoms with Gasteiger partial charge in [0, 0.05) is 13.1 Å². The van der Waals surface area contributed by atoms with Gasteiger partial charge in [-0.25, -0.2) is 4.98 Å². The van der Waals surface area contributed by atoms with E-state index in [-0.39, 0.29) is 12.0 Å². The molecule has 0 aromatic carbocycles. The molecule has 1 amide bonds. The Morgan fingerprint density at radius 3 is 3.16 bits per heavy atom. The summed E-state index contributed by atoms with van der Waals surface area (Å²) in [6.07, 6.45) is 6.70. The number of aromatic amines is 1. The Balaban J connectivity index is 1.82. The zero-order chi connectivity index (χ0) is 13.7. The van der Waals surface area contributed by atoms with Gasteiger partial charge in [-0.3, -0.25) is 4.79 Å². The first-order valence-electron chi connectivity index (χ1n) is 7.06. The Bertz CT molecular complexity index is 389. The molecule has 1 saturated heterocycles. The smallest absolute Gasteiger partial charge is 0.272 e. The van der Waals surface area contributed by atoms with Crippen LogP contribution in [0.3, 0.4) is 0 Å². The molecule has 2 rings (SSSR count). The molecule has 1 atom stereocenters. The van der Waals surface area contributed by atoms with Crippen molar-refractivity contribution in [2.45, 2.75) is 39.2 Å². The molecule has 5 nitrogen and oxygen atoms in total. The molecule has 1 aliphatic heterocycles. The zero-order valence-electron chi connectivity index (χ0n) is 11.8. The normalized spacial score (nSPS) is 19.9. The average Bonchev–Trinajstić information content (AvgIpc) is 2.91. The summed E-state index contributed by atoms with van der Waals surface area (Å²) < 4.78 is 5.74. The van der Waals surface area contributed by atoms with E-state index < -0.39 is 0 Å². The fourth-order valence-corrected chi connectivity index (χ4v) is 2.38. The van der Waals surface area contributed by atoms with E-state index in [1.54, 1.807) is 6.20 Å². The molecular formula is C14H23N3O2. The van der Waals surface area contributed by atoms with Gasteiger partial charge in [-0.2, -0.15) is 0 Å². The Morgan fingerprint density at radius 2 is 2.47 bits per heavy atom. The number of hydrogen-bond acceptors (Lipinski definition) is 3. The number of nitrogens with zero attached hydrogens (tertiary/aromatic N) is 2. The Hall–Kier alpha value is -1.36. The lowest BCUT2D eigenvalue weighted by Crippen LogP contribution is -2.45. The molecule has 1 N–H and O–H groups in total. The minimum Gasteiger partial charge on any atom is -0.375 e. The summed E-state index contributed by atoms with van der Waals surface area (Å²) in [7, 11) is 0. The Morgan fingerprint density at radius 1 is 1.63 bits per heavy atom. The maximum Gasteiger partial charge on any atom is 0.272 e. The van der Waals surface area contributed by atoms with Crippen LogP contribution >= 0.6 is 0 Å². The second kappa shape index (κ2) is 6.70. The van der Waals surface area contributed by atoms with E-state index in [4.69, 9.17) is 4.74 Å². The van der Waals surface area contributed by atoms with Crippen LogP contribution in [0.4, 0.5) is 0 Å². The van der Waals surface area contributed by atoms with Gasteiger partial charge in [0.15, 0.2) is 0 Å². The zero-order valence-corrected chi connectivity index (χ0v) is 11.8. The maximum atomic E-state index is 12.2. The predicted molar refractivity (Wildman–Crippen MR) is 72.9 cm³/mol. The van der Waals surface area contributed by atoms with Crippen LogP contribution in [-0.4, -0.2) is 46.6 Å². The number of ether oxygens (including phenoxy) is 1. The number of morpholine rings is 1. The standard InChI is InChI=1S/C14H23N3O2/c1-11(2)4-3-5-12-9-17(6-7-19-12)14(18)13-8-15-10-16-13/h8,10-12H,3-7,9H2,1-2H3,(H,15,16)/t12-/m1/s1. The minimum atomic E-state index is 0.0228. The van der Waals surface area contributed by atoms with Crippen LogP contribution < -0.4 is 0 Å². The van der Waals surface area contributed by atoms with Crippen LogP contribution in [0.2, 0.25) is 0 Å². The molecule has 1 fully saturated rings. The third kappa shape index (κ3) is 4.06. The Kier molecular flexibility index (Phi) is 4.96. The van der Waals surface area contributed by atoms with Crippen LogP contribution in [0.1, 0.15) is 43.6 Å². The molecule has 19 heavy (non-hydrogen) atoms. The summed E-state index contributed by atoms with van der Waals surface area (Å²) in [6.45, 7) is 6.45. The number of carbonyl (C=O) groups excluding carboxylic acids is 1. The van der Waals surface area contributed by atoms with Gasteiger partial charge in [-0.15, -0.1) is 0 Å². The highest BCUT2D eigenvalue weighted by molar-refractivity contribution is 5.92. The van der Waals surface area contributed by atoms with Crippen molar-refractivity contribution in [2.75, 3.05) is 19.7 Å². The third-order valence-corrected chi connectivity index (χ3v) is 3.46.